The molecule has 2 unspecified atom stereocenters. The van der Waals surface area contributed by atoms with Crippen LogP contribution in [-0.4, -0.2) is 79.0 Å². The molecule has 5 heterocycles. The Kier molecular flexibility index (Phi) is 4.80. The molecule has 0 spiro atoms. The standard InChI is InChI=1S/C23H25N3O5/c27-19-12-29-23-20(13-30-22(19)23)31-21-11-18-17(25-21)6-5-16(24-18)14-1-3-15(4-2-14)26-7-9-28-10-8-26/h1-6,11,19-20,22-23,25,27H,7-10,12-13H2/t19-,20-,22?,23?/m1/s1. The van der Waals surface area contributed by atoms with Crippen LogP contribution >= 0.6 is 0 Å². The third-order valence-corrected chi connectivity index (χ3v) is 6.25. The second-order valence-corrected chi connectivity index (χ2v) is 8.23. The molecular formula is C23H25N3O5. The van der Waals surface area contributed by atoms with E-state index in [1.54, 1.807) is 0 Å². The highest BCUT2D eigenvalue weighted by Gasteiger charge is 2.48. The summed E-state index contributed by atoms with van der Waals surface area (Å²) in [6.07, 6.45) is -1.38. The molecule has 6 rings (SSSR count). The van der Waals surface area contributed by atoms with Crippen molar-refractivity contribution < 1.29 is 24.1 Å². The van der Waals surface area contributed by atoms with Gasteiger partial charge in [0.25, 0.3) is 0 Å². The van der Waals surface area contributed by atoms with E-state index in [1.807, 2.05) is 18.2 Å². The number of morpholine rings is 1. The van der Waals surface area contributed by atoms with E-state index in [1.165, 1.54) is 5.69 Å². The van der Waals surface area contributed by atoms with Crippen LogP contribution in [0, 0.1) is 0 Å². The maximum Gasteiger partial charge on any atom is 0.193 e. The van der Waals surface area contributed by atoms with E-state index in [0.717, 1.165) is 48.6 Å². The number of benzene rings is 1. The van der Waals surface area contributed by atoms with E-state index in [-0.39, 0.29) is 24.9 Å². The fourth-order valence-corrected chi connectivity index (χ4v) is 4.58. The highest BCUT2D eigenvalue weighted by atomic mass is 16.6. The maximum absolute atomic E-state index is 9.90. The van der Waals surface area contributed by atoms with Crippen molar-refractivity contribution in [3.05, 3.63) is 42.5 Å². The minimum atomic E-state index is -0.583. The molecule has 8 nitrogen and oxygen atoms in total. The average molecular weight is 423 g/mol. The monoisotopic (exact) mass is 423 g/mol. The molecule has 0 amide bonds. The first kappa shape index (κ1) is 19.1. The number of pyridine rings is 1. The predicted molar refractivity (Wildman–Crippen MR) is 114 cm³/mol. The second kappa shape index (κ2) is 7.80. The van der Waals surface area contributed by atoms with Gasteiger partial charge >= 0.3 is 0 Å². The molecule has 162 valence electrons. The van der Waals surface area contributed by atoms with Gasteiger partial charge in [-0.1, -0.05) is 12.1 Å². The lowest BCUT2D eigenvalue weighted by atomic mass is 10.1. The number of nitrogens with zero attached hydrogens (tertiary/aromatic N) is 2. The van der Waals surface area contributed by atoms with E-state index >= 15 is 0 Å². The first-order chi connectivity index (χ1) is 15.2. The number of fused-ring (bicyclic) bond motifs is 2. The van der Waals surface area contributed by atoms with E-state index in [9.17, 15) is 5.11 Å². The van der Waals surface area contributed by atoms with Gasteiger partial charge in [0, 0.05) is 30.4 Å². The molecule has 4 atom stereocenters. The SMILES string of the molecule is O[C@@H]1COC2C1OC[C@H]2Oc1cc2nc(-c3ccc(N4CCOCC4)cc3)ccc2[nH]1. The number of rotatable bonds is 4. The number of ether oxygens (including phenoxy) is 4. The van der Waals surface area contributed by atoms with Crippen molar-refractivity contribution in [3.63, 3.8) is 0 Å². The first-order valence-corrected chi connectivity index (χ1v) is 10.8. The quantitative estimate of drug-likeness (QED) is 0.663. The lowest BCUT2D eigenvalue weighted by molar-refractivity contribution is 0.00794. The number of aromatic amines is 1. The van der Waals surface area contributed by atoms with Crippen LogP contribution in [0.5, 0.6) is 5.88 Å². The summed E-state index contributed by atoms with van der Waals surface area (Å²) in [6.45, 7) is 4.09. The molecule has 0 saturated carbocycles. The lowest BCUT2D eigenvalue weighted by Crippen LogP contribution is -2.36. The summed E-state index contributed by atoms with van der Waals surface area (Å²) in [5.41, 5.74) is 4.95. The van der Waals surface area contributed by atoms with E-state index in [2.05, 4.69) is 34.1 Å². The molecule has 3 aliphatic heterocycles. The number of H-pyrrole nitrogens is 1. The van der Waals surface area contributed by atoms with Crippen LogP contribution in [0.4, 0.5) is 5.69 Å². The summed E-state index contributed by atoms with van der Waals surface area (Å²) in [6, 6.07) is 14.4. The van der Waals surface area contributed by atoms with Crippen LogP contribution in [0.3, 0.4) is 0 Å². The van der Waals surface area contributed by atoms with Crippen LogP contribution in [0.25, 0.3) is 22.3 Å². The molecule has 3 aliphatic rings. The number of aromatic nitrogens is 2. The van der Waals surface area contributed by atoms with Gasteiger partial charge in [-0.3, -0.25) is 0 Å². The zero-order valence-corrected chi connectivity index (χ0v) is 17.1. The van der Waals surface area contributed by atoms with Gasteiger partial charge in [-0.15, -0.1) is 0 Å². The molecule has 2 aromatic heterocycles. The van der Waals surface area contributed by atoms with E-state index in [4.69, 9.17) is 23.9 Å². The fourth-order valence-electron chi connectivity index (χ4n) is 4.58. The summed E-state index contributed by atoms with van der Waals surface area (Å²) < 4.78 is 22.8. The smallest absolute Gasteiger partial charge is 0.193 e. The summed E-state index contributed by atoms with van der Waals surface area (Å²) in [5.74, 6) is 0.626. The van der Waals surface area contributed by atoms with Crippen molar-refractivity contribution in [2.24, 2.45) is 0 Å². The van der Waals surface area contributed by atoms with Crippen molar-refractivity contribution in [3.8, 4) is 17.1 Å². The first-order valence-electron chi connectivity index (χ1n) is 10.8. The third-order valence-electron chi connectivity index (χ3n) is 6.25. The molecule has 8 heteroatoms. The summed E-state index contributed by atoms with van der Waals surface area (Å²) >= 11 is 0. The van der Waals surface area contributed by atoms with Crippen LogP contribution in [-0.2, 0) is 14.2 Å². The van der Waals surface area contributed by atoms with E-state index < -0.39 is 6.10 Å². The molecule has 3 fully saturated rings. The number of hydrogen-bond acceptors (Lipinski definition) is 7. The molecule has 0 radical (unpaired) electrons. The molecule has 3 saturated heterocycles. The van der Waals surface area contributed by atoms with Crippen LogP contribution in [0.2, 0.25) is 0 Å². The van der Waals surface area contributed by atoms with Crippen LogP contribution in [0.1, 0.15) is 0 Å². The van der Waals surface area contributed by atoms with Gasteiger partial charge in [0.05, 0.1) is 43.2 Å². The van der Waals surface area contributed by atoms with Crippen molar-refractivity contribution >= 4 is 16.7 Å². The van der Waals surface area contributed by atoms with Crippen molar-refractivity contribution in [2.45, 2.75) is 24.4 Å². The molecular weight excluding hydrogens is 398 g/mol. The predicted octanol–water partition coefficient (Wildman–Crippen LogP) is 1.97. The number of anilines is 1. The summed E-state index contributed by atoms with van der Waals surface area (Å²) in [5, 5.41) is 9.90. The maximum atomic E-state index is 9.90. The second-order valence-electron chi connectivity index (χ2n) is 8.23. The van der Waals surface area contributed by atoms with E-state index in [0.29, 0.717) is 12.5 Å². The molecule has 0 bridgehead atoms. The van der Waals surface area contributed by atoms with Crippen LogP contribution < -0.4 is 9.64 Å². The van der Waals surface area contributed by atoms with Gasteiger partial charge < -0.3 is 33.9 Å². The molecule has 31 heavy (non-hydrogen) atoms. The largest absolute Gasteiger partial charge is 0.470 e. The molecule has 3 aromatic rings. The minimum absolute atomic E-state index is 0.241. The Morgan fingerprint density at radius 3 is 2.65 bits per heavy atom. The highest BCUT2D eigenvalue weighted by Crippen LogP contribution is 2.31. The number of aliphatic hydroxyl groups excluding tert-OH is 1. The van der Waals surface area contributed by atoms with Crippen molar-refractivity contribution in [1.29, 1.82) is 0 Å². The van der Waals surface area contributed by atoms with Crippen molar-refractivity contribution in [2.75, 3.05) is 44.4 Å². The molecule has 2 N–H and O–H groups in total. The highest BCUT2D eigenvalue weighted by molar-refractivity contribution is 5.80. The van der Waals surface area contributed by atoms with Gasteiger partial charge in [-0.25, -0.2) is 4.98 Å². The minimum Gasteiger partial charge on any atom is -0.470 e. The molecule has 1 aromatic carbocycles. The van der Waals surface area contributed by atoms with Gasteiger partial charge in [0.15, 0.2) is 12.0 Å². The average Bonchev–Trinajstić information content (AvgIpc) is 3.51. The van der Waals surface area contributed by atoms with Gasteiger partial charge in [-0.05, 0) is 24.3 Å². The summed E-state index contributed by atoms with van der Waals surface area (Å²) in [7, 11) is 0. The Morgan fingerprint density at radius 2 is 1.81 bits per heavy atom. The Balaban J connectivity index is 1.19. The van der Waals surface area contributed by atoms with Gasteiger partial charge in [-0.2, -0.15) is 0 Å². The Hall–Kier alpha value is -2.65. The fraction of sp³-hybridized carbons (Fsp3) is 0.435. The Morgan fingerprint density at radius 1 is 1.00 bits per heavy atom. The van der Waals surface area contributed by atoms with Crippen molar-refractivity contribution in [1.82, 2.24) is 9.97 Å². The number of aliphatic hydroxyl groups is 1. The Labute approximate surface area is 179 Å². The molecule has 0 aliphatic carbocycles. The number of nitrogens with one attached hydrogen (secondary N) is 1. The normalized spacial score (nSPS) is 28.2. The number of hydrogen-bond donors (Lipinski definition) is 2. The topological polar surface area (TPSA) is 89.1 Å². The lowest BCUT2D eigenvalue weighted by Gasteiger charge is -2.28. The summed E-state index contributed by atoms with van der Waals surface area (Å²) in [4.78, 5) is 10.4. The zero-order chi connectivity index (χ0) is 20.8. The van der Waals surface area contributed by atoms with Gasteiger partial charge in [0.1, 0.15) is 18.3 Å². The van der Waals surface area contributed by atoms with Crippen LogP contribution in [0.15, 0.2) is 42.5 Å². The van der Waals surface area contributed by atoms with Gasteiger partial charge in [0.2, 0.25) is 0 Å². The zero-order valence-electron chi connectivity index (χ0n) is 17.1. The Bertz CT molecular complexity index is 1060. The third kappa shape index (κ3) is 3.55.